The predicted molar refractivity (Wildman–Crippen MR) is 80.3 cm³/mol. The van der Waals surface area contributed by atoms with Gasteiger partial charge in [-0.2, -0.15) is 0 Å². The number of aromatic nitrogens is 2. The molecule has 4 nitrogen and oxygen atoms in total. The Balaban J connectivity index is 2.27. The number of aryl methyl sites for hydroxylation is 1. The van der Waals surface area contributed by atoms with Crippen LogP contribution in [0.2, 0.25) is 5.02 Å². The number of benzene rings is 1. The summed E-state index contributed by atoms with van der Waals surface area (Å²) in [6, 6.07) is 7.18. The van der Waals surface area contributed by atoms with Crippen LogP contribution in [0, 0.1) is 0 Å². The molecule has 0 bridgehead atoms. The Kier molecular flexibility index (Phi) is 4.58. The molecule has 5 heteroatoms. The third-order valence-corrected chi connectivity index (χ3v) is 3.22. The Morgan fingerprint density at radius 1 is 1.05 bits per heavy atom. The van der Waals surface area contributed by atoms with Crippen molar-refractivity contribution in [3.63, 3.8) is 0 Å². The lowest BCUT2D eigenvalue weighted by Gasteiger charge is -2.08. The molecule has 1 aromatic carbocycles. The topological polar surface area (TPSA) is 44.0 Å². The molecule has 0 atom stereocenters. The second kappa shape index (κ2) is 6.39. The molecule has 0 radical (unpaired) electrons. The SMILES string of the molecule is C=CCCn1ccn(Cc2ccc(Cl)cc2)c(=O)c1=O. The van der Waals surface area contributed by atoms with Crippen LogP contribution < -0.4 is 11.1 Å². The number of hydrogen-bond acceptors (Lipinski definition) is 2. The smallest absolute Gasteiger partial charge is 0.309 e. The van der Waals surface area contributed by atoms with Gasteiger partial charge < -0.3 is 9.13 Å². The fourth-order valence-electron chi connectivity index (χ4n) is 1.86. The van der Waals surface area contributed by atoms with Crippen molar-refractivity contribution in [2.75, 3.05) is 0 Å². The zero-order valence-corrected chi connectivity index (χ0v) is 11.7. The molecule has 0 unspecified atom stereocenters. The fraction of sp³-hybridized carbons (Fsp3) is 0.200. The van der Waals surface area contributed by atoms with Crippen LogP contribution in [0.5, 0.6) is 0 Å². The van der Waals surface area contributed by atoms with Gasteiger partial charge in [0.15, 0.2) is 0 Å². The Bertz CT molecular complexity index is 714. The number of halogens is 1. The average molecular weight is 291 g/mol. The Morgan fingerprint density at radius 2 is 1.65 bits per heavy atom. The van der Waals surface area contributed by atoms with E-state index in [1.807, 2.05) is 12.1 Å². The molecule has 2 rings (SSSR count). The lowest BCUT2D eigenvalue weighted by atomic mass is 10.2. The van der Waals surface area contributed by atoms with Crippen LogP contribution in [-0.4, -0.2) is 9.13 Å². The van der Waals surface area contributed by atoms with Gasteiger partial charge >= 0.3 is 11.1 Å². The van der Waals surface area contributed by atoms with Gasteiger partial charge in [-0.3, -0.25) is 9.59 Å². The quantitative estimate of drug-likeness (QED) is 0.626. The summed E-state index contributed by atoms with van der Waals surface area (Å²) in [6.45, 7) is 4.43. The van der Waals surface area contributed by atoms with E-state index in [0.717, 1.165) is 5.56 Å². The molecule has 0 saturated carbocycles. The lowest BCUT2D eigenvalue weighted by Crippen LogP contribution is -2.40. The van der Waals surface area contributed by atoms with Gasteiger partial charge in [0.1, 0.15) is 0 Å². The van der Waals surface area contributed by atoms with E-state index in [2.05, 4.69) is 6.58 Å². The van der Waals surface area contributed by atoms with Crippen LogP contribution in [0.1, 0.15) is 12.0 Å². The van der Waals surface area contributed by atoms with E-state index in [-0.39, 0.29) is 0 Å². The third kappa shape index (κ3) is 3.27. The highest BCUT2D eigenvalue weighted by atomic mass is 35.5. The number of hydrogen-bond donors (Lipinski definition) is 0. The summed E-state index contributed by atoms with van der Waals surface area (Å²) in [4.78, 5) is 23.9. The van der Waals surface area contributed by atoms with Gasteiger partial charge in [-0.1, -0.05) is 29.8 Å². The predicted octanol–water partition coefficient (Wildman–Crippen LogP) is 2.29. The summed E-state index contributed by atoms with van der Waals surface area (Å²) in [5.74, 6) is 0. The molecule has 1 heterocycles. The molecule has 0 amide bonds. The van der Waals surface area contributed by atoms with Crippen LogP contribution in [0.3, 0.4) is 0 Å². The summed E-state index contributed by atoms with van der Waals surface area (Å²) >= 11 is 5.81. The molecule has 0 aliphatic rings. The maximum absolute atomic E-state index is 12.0. The maximum Gasteiger partial charge on any atom is 0.316 e. The summed E-state index contributed by atoms with van der Waals surface area (Å²) in [7, 11) is 0. The molecule has 0 N–H and O–H groups in total. The first-order chi connectivity index (χ1) is 9.61. The fourth-order valence-corrected chi connectivity index (χ4v) is 1.99. The minimum absolute atomic E-state index is 0.355. The molecule has 0 aliphatic carbocycles. The third-order valence-electron chi connectivity index (χ3n) is 2.97. The van der Waals surface area contributed by atoms with E-state index in [1.165, 1.54) is 9.13 Å². The molecule has 20 heavy (non-hydrogen) atoms. The Morgan fingerprint density at radius 3 is 2.30 bits per heavy atom. The highest BCUT2D eigenvalue weighted by Gasteiger charge is 2.05. The first-order valence-electron chi connectivity index (χ1n) is 6.27. The van der Waals surface area contributed by atoms with E-state index in [9.17, 15) is 9.59 Å². The highest BCUT2D eigenvalue weighted by molar-refractivity contribution is 6.30. The van der Waals surface area contributed by atoms with Crippen molar-refractivity contribution in [3.05, 3.63) is 80.6 Å². The minimum atomic E-state index is -0.522. The van der Waals surface area contributed by atoms with Crippen molar-refractivity contribution in [2.45, 2.75) is 19.5 Å². The zero-order valence-electron chi connectivity index (χ0n) is 11.0. The standard InChI is InChI=1S/C15H15ClN2O2/c1-2-3-8-17-9-10-18(15(20)14(17)19)11-12-4-6-13(16)7-5-12/h2,4-7,9-10H,1,3,8,11H2. The molecule has 0 spiro atoms. The molecule has 2 aromatic rings. The summed E-state index contributed by atoms with van der Waals surface area (Å²) in [5.41, 5.74) is -0.116. The Labute approximate surface area is 121 Å². The van der Waals surface area contributed by atoms with Crippen LogP contribution in [0.4, 0.5) is 0 Å². The van der Waals surface area contributed by atoms with E-state index in [0.29, 0.717) is 24.5 Å². The van der Waals surface area contributed by atoms with Gasteiger partial charge in [0, 0.05) is 24.0 Å². The van der Waals surface area contributed by atoms with E-state index in [1.54, 1.807) is 30.6 Å². The average Bonchev–Trinajstić information content (AvgIpc) is 2.45. The first kappa shape index (κ1) is 14.3. The van der Waals surface area contributed by atoms with Gasteiger partial charge in [0.05, 0.1) is 6.54 Å². The largest absolute Gasteiger partial charge is 0.316 e. The minimum Gasteiger partial charge on any atom is -0.309 e. The highest BCUT2D eigenvalue weighted by Crippen LogP contribution is 2.09. The number of allylic oxidation sites excluding steroid dienone is 1. The Hall–Kier alpha value is -2.07. The van der Waals surface area contributed by atoms with Crippen LogP contribution >= 0.6 is 11.6 Å². The molecule has 0 aliphatic heterocycles. The molecule has 0 fully saturated rings. The number of rotatable bonds is 5. The normalized spacial score (nSPS) is 10.4. The summed E-state index contributed by atoms with van der Waals surface area (Å²) in [5, 5.41) is 0.640. The van der Waals surface area contributed by atoms with E-state index < -0.39 is 11.1 Å². The van der Waals surface area contributed by atoms with Crippen molar-refractivity contribution in [2.24, 2.45) is 0 Å². The summed E-state index contributed by atoms with van der Waals surface area (Å²) < 4.78 is 2.80. The van der Waals surface area contributed by atoms with Crippen LogP contribution in [0.25, 0.3) is 0 Å². The second-order valence-corrected chi connectivity index (χ2v) is 4.87. The zero-order chi connectivity index (χ0) is 14.5. The van der Waals surface area contributed by atoms with Crippen molar-refractivity contribution in [3.8, 4) is 0 Å². The van der Waals surface area contributed by atoms with Crippen molar-refractivity contribution in [1.82, 2.24) is 9.13 Å². The molecule has 1 aromatic heterocycles. The van der Waals surface area contributed by atoms with E-state index in [4.69, 9.17) is 11.6 Å². The van der Waals surface area contributed by atoms with Gasteiger partial charge in [0.25, 0.3) is 0 Å². The molecule has 0 saturated heterocycles. The van der Waals surface area contributed by atoms with Crippen molar-refractivity contribution in [1.29, 1.82) is 0 Å². The second-order valence-electron chi connectivity index (χ2n) is 4.43. The molecular weight excluding hydrogens is 276 g/mol. The van der Waals surface area contributed by atoms with Gasteiger partial charge in [0.2, 0.25) is 0 Å². The number of nitrogens with zero attached hydrogens (tertiary/aromatic N) is 2. The van der Waals surface area contributed by atoms with Crippen LogP contribution in [0.15, 0.2) is 58.9 Å². The van der Waals surface area contributed by atoms with E-state index >= 15 is 0 Å². The van der Waals surface area contributed by atoms with Crippen molar-refractivity contribution < 1.29 is 0 Å². The molecule has 104 valence electrons. The van der Waals surface area contributed by atoms with Gasteiger partial charge in [-0.05, 0) is 24.1 Å². The summed E-state index contributed by atoms with van der Waals surface area (Å²) in [6.07, 6.45) is 5.62. The van der Waals surface area contributed by atoms with Gasteiger partial charge in [-0.25, -0.2) is 0 Å². The monoisotopic (exact) mass is 290 g/mol. The maximum atomic E-state index is 12.0. The van der Waals surface area contributed by atoms with Crippen molar-refractivity contribution >= 4 is 11.6 Å². The van der Waals surface area contributed by atoms with Gasteiger partial charge in [-0.15, -0.1) is 6.58 Å². The first-order valence-corrected chi connectivity index (χ1v) is 6.65. The van der Waals surface area contributed by atoms with Crippen LogP contribution in [-0.2, 0) is 13.1 Å². The lowest BCUT2D eigenvalue weighted by molar-refractivity contribution is 0.628. The molecular formula is C15H15ClN2O2.